The van der Waals surface area contributed by atoms with Gasteiger partial charge in [-0.15, -0.1) is 0 Å². The number of alkyl halides is 3. The summed E-state index contributed by atoms with van der Waals surface area (Å²) < 4.78 is 42.0. The molecule has 1 aliphatic rings. The van der Waals surface area contributed by atoms with E-state index < -0.39 is 18.6 Å². The zero-order valence-corrected chi connectivity index (χ0v) is 9.79. The molecule has 1 aromatic rings. The molecule has 1 aromatic carbocycles. The van der Waals surface area contributed by atoms with Crippen molar-refractivity contribution in [3.8, 4) is 11.5 Å². The van der Waals surface area contributed by atoms with Crippen LogP contribution in [0.1, 0.15) is 24.9 Å². The minimum Gasteiger partial charge on any atom is -0.508 e. The Morgan fingerprint density at radius 1 is 1.50 bits per heavy atom. The van der Waals surface area contributed by atoms with Gasteiger partial charge in [0.1, 0.15) is 18.1 Å². The van der Waals surface area contributed by atoms with Crippen LogP contribution in [0.5, 0.6) is 11.5 Å². The van der Waals surface area contributed by atoms with E-state index in [0.29, 0.717) is 5.75 Å². The van der Waals surface area contributed by atoms with Crippen LogP contribution >= 0.6 is 0 Å². The van der Waals surface area contributed by atoms with Gasteiger partial charge in [-0.2, -0.15) is 13.2 Å². The third kappa shape index (κ3) is 3.07. The molecule has 1 heterocycles. The van der Waals surface area contributed by atoms with Crippen molar-refractivity contribution >= 4 is 0 Å². The summed E-state index contributed by atoms with van der Waals surface area (Å²) in [4.78, 5) is 0. The van der Waals surface area contributed by atoms with Gasteiger partial charge >= 0.3 is 6.18 Å². The van der Waals surface area contributed by atoms with Gasteiger partial charge in [-0.3, -0.25) is 0 Å². The monoisotopic (exact) mass is 261 g/mol. The van der Waals surface area contributed by atoms with Crippen molar-refractivity contribution in [3.05, 3.63) is 23.8 Å². The maximum absolute atomic E-state index is 12.2. The minimum atomic E-state index is -4.18. The first-order valence-corrected chi connectivity index (χ1v) is 5.63. The number of aromatic hydroxyl groups is 1. The molecule has 3 nitrogen and oxygen atoms in total. The maximum atomic E-state index is 12.2. The van der Waals surface area contributed by atoms with Gasteiger partial charge in [-0.1, -0.05) is 0 Å². The van der Waals surface area contributed by atoms with Crippen molar-refractivity contribution in [2.24, 2.45) is 0 Å². The molecule has 0 saturated heterocycles. The van der Waals surface area contributed by atoms with Crippen LogP contribution in [-0.2, 0) is 0 Å². The van der Waals surface area contributed by atoms with Crippen molar-refractivity contribution in [2.45, 2.75) is 31.6 Å². The number of hydrogen-bond donors (Lipinski definition) is 2. The van der Waals surface area contributed by atoms with Crippen LogP contribution in [0, 0.1) is 0 Å². The lowest BCUT2D eigenvalue weighted by atomic mass is 10.1. The lowest BCUT2D eigenvalue weighted by molar-refractivity contribution is -0.139. The van der Waals surface area contributed by atoms with E-state index in [-0.39, 0.29) is 18.4 Å². The third-order valence-corrected chi connectivity index (χ3v) is 2.80. The summed E-state index contributed by atoms with van der Waals surface area (Å²) in [5.41, 5.74) is 0.779. The third-order valence-electron chi connectivity index (χ3n) is 2.80. The van der Waals surface area contributed by atoms with Gasteiger partial charge in [-0.25, -0.2) is 0 Å². The number of phenols is 1. The fourth-order valence-corrected chi connectivity index (χ4v) is 2.09. The summed E-state index contributed by atoms with van der Waals surface area (Å²) in [5.74, 6) is 0.601. The van der Waals surface area contributed by atoms with Crippen LogP contribution in [0.25, 0.3) is 0 Å². The number of benzene rings is 1. The Morgan fingerprint density at radius 3 is 2.89 bits per heavy atom. The van der Waals surface area contributed by atoms with Crippen molar-refractivity contribution < 1.29 is 23.0 Å². The molecule has 2 atom stereocenters. The highest BCUT2D eigenvalue weighted by atomic mass is 19.4. The Hall–Kier alpha value is -1.43. The summed E-state index contributed by atoms with van der Waals surface area (Å²) >= 11 is 0. The Labute approximate surface area is 103 Å². The van der Waals surface area contributed by atoms with Crippen molar-refractivity contribution in [3.63, 3.8) is 0 Å². The largest absolute Gasteiger partial charge is 0.508 e. The van der Waals surface area contributed by atoms with Crippen LogP contribution in [-0.4, -0.2) is 23.9 Å². The van der Waals surface area contributed by atoms with Crippen LogP contribution < -0.4 is 10.1 Å². The summed E-state index contributed by atoms with van der Waals surface area (Å²) in [5, 5.41) is 12.2. The second kappa shape index (κ2) is 4.68. The van der Waals surface area contributed by atoms with Crippen molar-refractivity contribution in [1.82, 2.24) is 5.32 Å². The molecule has 0 fully saturated rings. The summed E-state index contributed by atoms with van der Waals surface area (Å²) in [6, 6.07) is 3.67. The lowest BCUT2D eigenvalue weighted by Crippen LogP contribution is -2.34. The minimum absolute atomic E-state index is 0.0812. The number of nitrogens with one attached hydrogen (secondary N) is 1. The van der Waals surface area contributed by atoms with Gasteiger partial charge in [0.15, 0.2) is 0 Å². The molecule has 0 amide bonds. The molecule has 2 N–H and O–H groups in total. The molecular formula is C12H14F3NO2. The first-order chi connectivity index (χ1) is 8.35. The SMILES string of the molecule is CC(CC(F)(F)F)NC1COc2cc(O)ccc21. The molecule has 0 bridgehead atoms. The van der Waals surface area contributed by atoms with Gasteiger partial charge in [0, 0.05) is 17.7 Å². The van der Waals surface area contributed by atoms with Gasteiger partial charge in [0.2, 0.25) is 0 Å². The summed E-state index contributed by atoms with van der Waals surface area (Å²) in [7, 11) is 0. The first-order valence-electron chi connectivity index (χ1n) is 5.63. The molecule has 2 rings (SSSR count). The second-order valence-corrected chi connectivity index (χ2v) is 4.47. The molecular weight excluding hydrogens is 247 g/mol. The normalized spacial score (nSPS) is 20.3. The molecule has 100 valence electrons. The average Bonchev–Trinajstić information content (AvgIpc) is 2.57. The van der Waals surface area contributed by atoms with E-state index in [0.717, 1.165) is 5.56 Å². The number of rotatable bonds is 3. The highest BCUT2D eigenvalue weighted by Gasteiger charge is 2.32. The van der Waals surface area contributed by atoms with Gasteiger partial charge < -0.3 is 15.2 Å². The van der Waals surface area contributed by atoms with Crippen molar-refractivity contribution in [1.29, 1.82) is 0 Å². The van der Waals surface area contributed by atoms with Crippen LogP contribution in [0.15, 0.2) is 18.2 Å². The van der Waals surface area contributed by atoms with E-state index in [4.69, 9.17) is 4.74 Å². The van der Waals surface area contributed by atoms with Gasteiger partial charge in [0.25, 0.3) is 0 Å². The van der Waals surface area contributed by atoms with E-state index in [1.807, 2.05) is 0 Å². The zero-order chi connectivity index (χ0) is 13.3. The molecule has 1 aliphatic heterocycles. The molecule has 2 unspecified atom stereocenters. The molecule has 0 spiro atoms. The molecule has 0 aliphatic carbocycles. The standard InChI is InChI=1S/C12H14F3NO2/c1-7(5-12(13,14)15)16-10-6-18-11-4-8(17)2-3-9(10)11/h2-4,7,10,16-17H,5-6H2,1H3. The highest BCUT2D eigenvalue weighted by Crippen LogP contribution is 2.35. The number of hydrogen-bond acceptors (Lipinski definition) is 3. The Bertz CT molecular complexity index is 434. The fourth-order valence-electron chi connectivity index (χ4n) is 2.09. The van der Waals surface area contributed by atoms with Gasteiger partial charge in [-0.05, 0) is 19.1 Å². The predicted molar refractivity (Wildman–Crippen MR) is 59.6 cm³/mol. The number of halogens is 3. The predicted octanol–water partition coefficient (Wildman–Crippen LogP) is 2.76. The molecule has 6 heteroatoms. The van der Waals surface area contributed by atoms with Crippen molar-refractivity contribution in [2.75, 3.05) is 6.61 Å². The highest BCUT2D eigenvalue weighted by molar-refractivity contribution is 5.44. The molecule has 0 aromatic heterocycles. The second-order valence-electron chi connectivity index (χ2n) is 4.47. The number of ether oxygens (including phenoxy) is 1. The van der Waals surface area contributed by atoms with E-state index in [2.05, 4.69) is 5.32 Å². The maximum Gasteiger partial charge on any atom is 0.390 e. The average molecular weight is 261 g/mol. The van der Waals surface area contributed by atoms with Crippen LogP contribution in [0.4, 0.5) is 13.2 Å². The smallest absolute Gasteiger partial charge is 0.390 e. The molecule has 0 saturated carbocycles. The Balaban J connectivity index is 2.01. The van der Waals surface area contributed by atoms with E-state index in [9.17, 15) is 18.3 Å². The van der Waals surface area contributed by atoms with E-state index >= 15 is 0 Å². The van der Waals surface area contributed by atoms with E-state index in [1.54, 1.807) is 6.07 Å². The van der Waals surface area contributed by atoms with Crippen LogP contribution in [0.3, 0.4) is 0 Å². The first kappa shape index (κ1) is 13.0. The lowest BCUT2D eigenvalue weighted by Gasteiger charge is -2.19. The molecule has 18 heavy (non-hydrogen) atoms. The number of phenolic OH excluding ortho intramolecular Hbond substituents is 1. The number of fused-ring (bicyclic) bond motifs is 1. The van der Waals surface area contributed by atoms with Crippen LogP contribution in [0.2, 0.25) is 0 Å². The zero-order valence-electron chi connectivity index (χ0n) is 9.79. The quantitative estimate of drug-likeness (QED) is 0.879. The summed E-state index contributed by atoms with van der Waals surface area (Å²) in [6.07, 6.45) is -5.05. The van der Waals surface area contributed by atoms with Gasteiger partial charge in [0.05, 0.1) is 12.5 Å². The Kier molecular flexibility index (Phi) is 3.38. The van der Waals surface area contributed by atoms with E-state index in [1.165, 1.54) is 19.1 Å². The fraction of sp³-hybridized carbons (Fsp3) is 0.500. The summed E-state index contributed by atoms with van der Waals surface area (Å²) in [6.45, 7) is 1.77. The molecule has 0 radical (unpaired) electrons. The topological polar surface area (TPSA) is 41.5 Å². The Morgan fingerprint density at radius 2 is 2.22 bits per heavy atom.